The van der Waals surface area contributed by atoms with E-state index in [1.165, 1.54) is 45.7 Å². The predicted molar refractivity (Wildman–Crippen MR) is 121 cm³/mol. The molecule has 33 heavy (non-hydrogen) atoms. The van der Waals surface area contributed by atoms with E-state index in [1.54, 1.807) is 42.5 Å². The van der Waals surface area contributed by atoms with Gasteiger partial charge < -0.3 is 24.1 Å². The third-order valence-corrected chi connectivity index (χ3v) is 4.54. The standard InChI is InChI=1S/C24H22N2O7/c1-30-19-11-9-16(13-22(19)32-3)24(29)33-20-10-8-15(12-21(20)31-2)14-25-26-23(28)17-6-4-5-7-18(17)27/h4-14,27H,1-3H3,(H,26,28). The van der Waals surface area contributed by atoms with Gasteiger partial charge in [0.15, 0.2) is 23.0 Å². The van der Waals surface area contributed by atoms with E-state index < -0.39 is 11.9 Å². The molecule has 9 nitrogen and oxygen atoms in total. The molecule has 1 amide bonds. The van der Waals surface area contributed by atoms with Crippen LogP contribution in [0.2, 0.25) is 0 Å². The molecule has 3 aromatic rings. The van der Waals surface area contributed by atoms with E-state index in [4.69, 9.17) is 18.9 Å². The van der Waals surface area contributed by atoms with Crippen molar-refractivity contribution >= 4 is 18.1 Å². The van der Waals surface area contributed by atoms with E-state index >= 15 is 0 Å². The Balaban J connectivity index is 1.70. The van der Waals surface area contributed by atoms with Gasteiger partial charge in [0, 0.05) is 0 Å². The molecule has 3 rings (SSSR count). The topological polar surface area (TPSA) is 116 Å². The number of hydrogen-bond acceptors (Lipinski definition) is 8. The van der Waals surface area contributed by atoms with Gasteiger partial charge in [-0.3, -0.25) is 4.79 Å². The van der Waals surface area contributed by atoms with Crippen molar-refractivity contribution in [3.8, 4) is 28.7 Å². The lowest BCUT2D eigenvalue weighted by Gasteiger charge is -2.11. The summed E-state index contributed by atoms with van der Waals surface area (Å²) in [4.78, 5) is 24.7. The van der Waals surface area contributed by atoms with Crippen LogP contribution in [0.15, 0.2) is 65.8 Å². The molecule has 0 fully saturated rings. The van der Waals surface area contributed by atoms with Gasteiger partial charge in [-0.05, 0) is 54.1 Å². The van der Waals surface area contributed by atoms with Crippen LogP contribution in [0.5, 0.6) is 28.7 Å². The molecule has 0 saturated heterocycles. The molecule has 2 N–H and O–H groups in total. The molecule has 0 aliphatic heterocycles. The first-order chi connectivity index (χ1) is 16.0. The van der Waals surface area contributed by atoms with E-state index in [9.17, 15) is 14.7 Å². The van der Waals surface area contributed by atoms with E-state index in [-0.39, 0.29) is 22.6 Å². The first kappa shape index (κ1) is 23.1. The number of aromatic hydroxyl groups is 1. The van der Waals surface area contributed by atoms with Gasteiger partial charge >= 0.3 is 5.97 Å². The van der Waals surface area contributed by atoms with Crippen LogP contribution < -0.4 is 24.4 Å². The van der Waals surface area contributed by atoms with Gasteiger partial charge in [0.2, 0.25) is 0 Å². The van der Waals surface area contributed by atoms with Gasteiger partial charge in [-0.1, -0.05) is 12.1 Å². The second-order valence-electron chi connectivity index (χ2n) is 6.59. The molecular weight excluding hydrogens is 428 g/mol. The van der Waals surface area contributed by atoms with Crippen LogP contribution in [-0.2, 0) is 0 Å². The lowest BCUT2D eigenvalue weighted by atomic mass is 10.2. The Labute approximate surface area is 190 Å². The predicted octanol–water partition coefficient (Wildman–Crippen LogP) is 3.40. The largest absolute Gasteiger partial charge is 0.507 e. The van der Waals surface area contributed by atoms with E-state index in [1.807, 2.05) is 0 Å². The number of benzene rings is 3. The summed E-state index contributed by atoms with van der Waals surface area (Å²) in [7, 11) is 4.41. The van der Waals surface area contributed by atoms with E-state index in [2.05, 4.69) is 10.5 Å². The molecule has 0 aliphatic rings. The van der Waals surface area contributed by atoms with Crippen molar-refractivity contribution in [3.05, 3.63) is 77.4 Å². The molecule has 0 saturated carbocycles. The number of nitrogens with zero attached hydrogens (tertiary/aromatic N) is 1. The number of amides is 1. The highest BCUT2D eigenvalue weighted by molar-refractivity contribution is 5.97. The Hall–Kier alpha value is -4.53. The third kappa shape index (κ3) is 5.59. The third-order valence-electron chi connectivity index (χ3n) is 4.54. The monoisotopic (exact) mass is 450 g/mol. The zero-order valence-electron chi connectivity index (χ0n) is 18.2. The summed E-state index contributed by atoms with van der Waals surface area (Å²) < 4.78 is 21.2. The number of phenols is 1. The number of carbonyl (C=O) groups excluding carboxylic acids is 2. The average molecular weight is 450 g/mol. The fourth-order valence-corrected chi connectivity index (χ4v) is 2.86. The zero-order valence-corrected chi connectivity index (χ0v) is 18.2. The van der Waals surface area contributed by atoms with Crippen molar-refractivity contribution in [3.63, 3.8) is 0 Å². The maximum Gasteiger partial charge on any atom is 0.343 e. The summed E-state index contributed by atoms with van der Waals surface area (Å²) in [6.45, 7) is 0. The molecule has 9 heteroatoms. The quantitative estimate of drug-likeness (QED) is 0.234. The highest BCUT2D eigenvalue weighted by atomic mass is 16.6. The maximum absolute atomic E-state index is 12.6. The number of nitrogens with one attached hydrogen (secondary N) is 1. The smallest absolute Gasteiger partial charge is 0.343 e. The number of esters is 1. The highest BCUT2D eigenvalue weighted by Crippen LogP contribution is 2.31. The van der Waals surface area contributed by atoms with Crippen LogP contribution in [0.1, 0.15) is 26.3 Å². The van der Waals surface area contributed by atoms with Crippen LogP contribution in [-0.4, -0.2) is 44.5 Å². The number of hydrogen-bond donors (Lipinski definition) is 2. The molecule has 0 aliphatic carbocycles. The van der Waals surface area contributed by atoms with Crippen molar-refractivity contribution in [1.29, 1.82) is 0 Å². The van der Waals surface area contributed by atoms with Crippen molar-refractivity contribution < 1.29 is 33.6 Å². The molecule has 0 bridgehead atoms. The Morgan fingerprint density at radius 2 is 1.52 bits per heavy atom. The molecule has 0 atom stereocenters. The normalized spacial score (nSPS) is 10.5. The van der Waals surface area contributed by atoms with Crippen LogP contribution in [0.25, 0.3) is 0 Å². The maximum atomic E-state index is 12.6. The van der Waals surface area contributed by atoms with Gasteiger partial charge in [0.05, 0.1) is 38.7 Å². The molecule has 0 heterocycles. The Bertz CT molecular complexity index is 1190. The van der Waals surface area contributed by atoms with Gasteiger partial charge in [-0.25, -0.2) is 10.2 Å². The highest BCUT2D eigenvalue weighted by Gasteiger charge is 2.15. The molecule has 0 aromatic heterocycles. The fraction of sp³-hybridized carbons (Fsp3) is 0.125. The SMILES string of the molecule is COc1ccc(C(=O)Oc2ccc(C=NNC(=O)c3ccccc3O)cc2OC)cc1OC. The number of carbonyl (C=O) groups is 2. The van der Waals surface area contributed by atoms with Gasteiger partial charge in [0.25, 0.3) is 5.91 Å². The first-order valence-electron chi connectivity index (χ1n) is 9.70. The number of phenolic OH excluding ortho intramolecular Hbond substituents is 1. The number of rotatable bonds is 8. The minimum absolute atomic E-state index is 0.102. The molecule has 0 unspecified atom stereocenters. The summed E-state index contributed by atoms with van der Waals surface area (Å²) in [5.74, 6) is 0.0728. The summed E-state index contributed by atoms with van der Waals surface area (Å²) in [5, 5.41) is 13.6. The number of ether oxygens (including phenoxy) is 4. The minimum atomic E-state index is -0.606. The summed E-state index contributed by atoms with van der Waals surface area (Å²) >= 11 is 0. The van der Waals surface area contributed by atoms with E-state index in [0.29, 0.717) is 22.8 Å². The van der Waals surface area contributed by atoms with Gasteiger partial charge in [-0.2, -0.15) is 5.10 Å². The van der Waals surface area contributed by atoms with Crippen LogP contribution in [0, 0.1) is 0 Å². The fourth-order valence-electron chi connectivity index (χ4n) is 2.86. The molecule has 0 radical (unpaired) electrons. The van der Waals surface area contributed by atoms with Crippen LogP contribution >= 0.6 is 0 Å². The number of methoxy groups -OCH3 is 3. The number of hydrazone groups is 1. The molecule has 0 spiro atoms. The first-order valence-corrected chi connectivity index (χ1v) is 9.70. The lowest BCUT2D eigenvalue weighted by Crippen LogP contribution is -2.17. The molecule has 3 aromatic carbocycles. The van der Waals surface area contributed by atoms with Crippen LogP contribution in [0.4, 0.5) is 0 Å². The van der Waals surface area contributed by atoms with Crippen molar-refractivity contribution in [2.45, 2.75) is 0 Å². The van der Waals surface area contributed by atoms with Crippen molar-refractivity contribution in [2.24, 2.45) is 5.10 Å². The summed E-state index contributed by atoms with van der Waals surface area (Å²) in [6.07, 6.45) is 1.39. The van der Waals surface area contributed by atoms with Crippen LogP contribution in [0.3, 0.4) is 0 Å². The average Bonchev–Trinajstić information content (AvgIpc) is 2.84. The molecular formula is C24H22N2O7. The summed E-state index contributed by atoms with van der Waals surface area (Å²) in [6, 6.07) is 15.6. The second-order valence-corrected chi connectivity index (χ2v) is 6.59. The summed E-state index contributed by atoms with van der Waals surface area (Å²) in [5.41, 5.74) is 3.29. The second kappa shape index (κ2) is 10.7. The Kier molecular flexibility index (Phi) is 7.48. The Morgan fingerprint density at radius 1 is 0.848 bits per heavy atom. The van der Waals surface area contributed by atoms with Gasteiger partial charge in [0.1, 0.15) is 5.75 Å². The Morgan fingerprint density at radius 3 is 2.21 bits per heavy atom. The lowest BCUT2D eigenvalue weighted by molar-refractivity contribution is 0.0729. The van der Waals surface area contributed by atoms with E-state index in [0.717, 1.165) is 0 Å². The van der Waals surface area contributed by atoms with Gasteiger partial charge in [-0.15, -0.1) is 0 Å². The zero-order chi connectivity index (χ0) is 23.8. The van der Waals surface area contributed by atoms with Crippen molar-refractivity contribution in [2.75, 3.05) is 21.3 Å². The number of para-hydroxylation sites is 1. The molecule has 170 valence electrons. The van der Waals surface area contributed by atoms with Crippen molar-refractivity contribution in [1.82, 2.24) is 5.43 Å². The minimum Gasteiger partial charge on any atom is -0.507 e.